The summed E-state index contributed by atoms with van der Waals surface area (Å²) in [5, 5.41) is 0.595. The van der Waals surface area contributed by atoms with Crippen LogP contribution in [-0.4, -0.2) is 37.8 Å². The highest BCUT2D eigenvalue weighted by atomic mass is 32.1. The molecule has 8 heteroatoms. The molecule has 1 aromatic carbocycles. The van der Waals surface area contributed by atoms with E-state index in [4.69, 9.17) is 9.31 Å². The van der Waals surface area contributed by atoms with Gasteiger partial charge < -0.3 is 13.9 Å². The third kappa shape index (κ3) is 2.86. The van der Waals surface area contributed by atoms with E-state index in [9.17, 15) is 0 Å². The lowest BCUT2D eigenvalue weighted by atomic mass is 9.74. The van der Waals surface area contributed by atoms with Crippen molar-refractivity contribution in [3.05, 3.63) is 42.5 Å². The zero-order valence-corrected chi connectivity index (χ0v) is 17.0. The van der Waals surface area contributed by atoms with Crippen LogP contribution in [0.4, 0.5) is 0 Å². The fourth-order valence-corrected chi connectivity index (χ4v) is 4.62. The summed E-state index contributed by atoms with van der Waals surface area (Å²) in [4.78, 5) is 12.8. The fraction of sp³-hybridized carbons (Fsp3) is 0.450. The van der Waals surface area contributed by atoms with Crippen LogP contribution >= 0.6 is 12.6 Å². The molecule has 1 aliphatic heterocycles. The van der Waals surface area contributed by atoms with Crippen LogP contribution in [0.15, 0.2) is 41.9 Å². The lowest BCUT2D eigenvalue weighted by Crippen LogP contribution is -2.49. The van der Waals surface area contributed by atoms with Crippen molar-refractivity contribution >= 4 is 36.4 Å². The van der Waals surface area contributed by atoms with Gasteiger partial charge in [-0.1, -0.05) is 37.1 Å². The van der Waals surface area contributed by atoms with Gasteiger partial charge in [-0.15, -0.1) is 12.6 Å². The van der Waals surface area contributed by atoms with Crippen LogP contribution in [0.3, 0.4) is 0 Å². The van der Waals surface area contributed by atoms with Crippen LogP contribution in [0, 0.1) is 0 Å². The monoisotopic (exact) mass is 394 g/mol. The van der Waals surface area contributed by atoms with E-state index in [0.29, 0.717) is 11.6 Å². The first kappa shape index (κ1) is 18.2. The van der Waals surface area contributed by atoms with E-state index in [2.05, 4.69) is 65.7 Å². The number of rotatable bonds is 3. The normalized spacial score (nSPS) is 27.3. The number of thiol groups is 1. The van der Waals surface area contributed by atoms with Gasteiger partial charge in [-0.3, -0.25) is 0 Å². The van der Waals surface area contributed by atoms with Crippen LogP contribution in [0.1, 0.15) is 45.1 Å². The van der Waals surface area contributed by atoms with Gasteiger partial charge in [0.1, 0.15) is 16.9 Å². The van der Waals surface area contributed by atoms with Gasteiger partial charge in [-0.25, -0.2) is 15.0 Å². The minimum Gasteiger partial charge on any atom is -0.399 e. The first-order chi connectivity index (χ1) is 13.5. The third-order valence-corrected chi connectivity index (χ3v) is 6.72. The van der Waals surface area contributed by atoms with Crippen molar-refractivity contribution in [3.63, 3.8) is 0 Å². The van der Waals surface area contributed by atoms with Crippen LogP contribution in [0.5, 0.6) is 0 Å². The Kier molecular flexibility index (Phi) is 4.26. The van der Waals surface area contributed by atoms with Crippen LogP contribution in [-0.2, 0) is 15.9 Å². The molecule has 2 atom stereocenters. The molecule has 3 aromatic rings. The Morgan fingerprint density at radius 2 is 1.71 bits per heavy atom. The van der Waals surface area contributed by atoms with E-state index >= 15 is 0 Å². The molecule has 144 valence electrons. The van der Waals surface area contributed by atoms with E-state index < -0.39 is 0 Å². The maximum Gasteiger partial charge on any atom is 0.494 e. The lowest BCUT2D eigenvalue weighted by molar-refractivity contribution is -0.0556. The Hall–Kier alpha value is -1.90. The maximum absolute atomic E-state index is 6.40. The second-order valence-corrected chi connectivity index (χ2v) is 8.64. The molecule has 2 aliphatic rings. The Labute approximate surface area is 170 Å². The molecule has 2 aromatic heterocycles. The Bertz CT molecular complexity index is 1010. The molecule has 6 nitrogen and oxygen atoms in total. The molecular formula is C20H23BN4O2S. The summed E-state index contributed by atoms with van der Waals surface area (Å²) < 4.78 is 14.8. The number of hydrogen-bond donors (Lipinski definition) is 1. The van der Waals surface area contributed by atoms with Crippen LogP contribution in [0.2, 0.25) is 0 Å². The largest absolute Gasteiger partial charge is 0.494 e. The van der Waals surface area contributed by atoms with Crippen LogP contribution < -0.4 is 5.46 Å². The molecule has 2 unspecified atom stereocenters. The van der Waals surface area contributed by atoms with Gasteiger partial charge in [0, 0.05) is 0 Å². The molecule has 3 heterocycles. The zero-order valence-electron chi connectivity index (χ0n) is 16.1. The van der Waals surface area contributed by atoms with Gasteiger partial charge >= 0.3 is 7.12 Å². The van der Waals surface area contributed by atoms with E-state index in [0.717, 1.165) is 35.0 Å². The quantitative estimate of drug-likeness (QED) is 0.421. The van der Waals surface area contributed by atoms with Crippen molar-refractivity contribution in [2.75, 3.05) is 0 Å². The van der Waals surface area contributed by atoms with Gasteiger partial charge in [0.25, 0.3) is 0 Å². The summed E-state index contributed by atoms with van der Waals surface area (Å²) in [6.07, 6.45) is 7.82. The summed E-state index contributed by atoms with van der Waals surface area (Å²) in [5.74, 6) is 0. The van der Waals surface area contributed by atoms with Gasteiger partial charge in [0.2, 0.25) is 0 Å². The first-order valence-electron chi connectivity index (χ1n) is 9.77. The number of nitrogens with zero attached hydrogens (tertiary/aromatic N) is 4. The van der Waals surface area contributed by atoms with Gasteiger partial charge in [-0.2, -0.15) is 0 Å². The molecule has 0 spiro atoms. The number of imidazole rings is 1. The maximum atomic E-state index is 6.40. The average molecular weight is 394 g/mol. The standard InChI is InChI=1S/C20H23BN4O2S/c1-19-9-3-4-10-20(19,2)27-21(26-19)15-7-5-14(6-8-15)11-25-13-24-16-17(25)22-12-23-18(16)28/h5-8,12-13H,3-4,9-11H2,1-2H3,(H,22,23,28). The second-order valence-electron chi connectivity index (χ2n) is 8.22. The molecule has 1 saturated carbocycles. The summed E-state index contributed by atoms with van der Waals surface area (Å²) >= 11 is 4.35. The number of hydrogen-bond acceptors (Lipinski definition) is 6. The minimum absolute atomic E-state index is 0.200. The van der Waals surface area contributed by atoms with Crippen molar-refractivity contribution in [1.82, 2.24) is 19.5 Å². The lowest BCUT2D eigenvalue weighted by Gasteiger charge is -2.43. The number of fused-ring (bicyclic) bond motifs is 2. The summed E-state index contributed by atoms with van der Waals surface area (Å²) in [5.41, 5.74) is 3.34. The molecule has 0 bridgehead atoms. The summed E-state index contributed by atoms with van der Waals surface area (Å²) in [6, 6.07) is 8.43. The fourth-order valence-electron chi connectivity index (χ4n) is 4.41. The molecule has 28 heavy (non-hydrogen) atoms. The number of aromatic nitrogens is 4. The predicted molar refractivity (Wildman–Crippen MR) is 111 cm³/mol. The average Bonchev–Trinajstić information content (AvgIpc) is 3.21. The van der Waals surface area contributed by atoms with Crippen molar-refractivity contribution < 1.29 is 9.31 Å². The smallest absolute Gasteiger partial charge is 0.399 e. The SMILES string of the molecule is CC12CCCCC1(C)OB(c1ccc(Cn3cnc4c(S)ncnc43)cc1)O2. The van der Waals surface area contributed by atoms with E-state index in [1.807, 2.05) is 4.57 Å². The Morgan fingerprint density at radius 3 is 2.39 bits per heavy atom. The molecule has 1 saturated heterocycles. The Morgan fingerprint density at radius 1 is 1.04 bits per heavy atom. The highest BCUT2D eigenvalue weighted by molar-refractivity contribution is 7.80. The van der Waals surface area contributed by atoms with Gasteiger partial charge in [0.05, 0.1) is 24.1 Å². The molecule has 0 N–H and O–H groups in total. The predicted octanol–water partition coefficient (Wildman–Crippen LogP) is 3.00. The highest BCUT2D eigenvalue weighted by Gasteiger charge is 2.57. The highest BCUT2D eigenvalue weighted by Crippen LogP contribution is 2.47. The van der Waals surface area contributed by atoms with Crippen molar-refractivity contribution in [1.29, 1.82) is 0 Å². The van der Waals surface area contributed by atoms with Crippen molar-refractivity contribution in [2.24, 2.45) is 0 Å². The van der Waals surface area contributed by atoms with Crippen molar-refractivity contribution in [2.45, 2.75) is 62.3 Å². The molecule has 1 aliphatic carbocycles. The second kappa shape index (κ2) is 6.57. The molecular weight excluding hydrogens is 371 g/mol. The summed E-state index contributed by atoms with van der Waals surface area (Å²) in [6.45, 7) is 5.08. The van der Waals surface area contributed by atoms with E-state index in [1.54, 1.807) is 6.33 Å². The molecule has 0 radical (unpaired) electrons. The third-order valence-electron chi connectivity index (χ3n) is 6.40. The topological polar surface area (TPSA) is 62.1 Å². The number of benzene rings is 1. The van der Waals surface area contributed by atoms with Gasteiger partial charge in [-0.05, 0) is 37.7 Å². The molecule has 2 fully saturated rings. The van der Waals surface area contributed by atoms with E-state index in [-0.39, 0.29) is 18.3 Å². The Balaban J connectivity index is 1.36. The van der Waals surface area contributed by atoms with Crippen LogP contribution in [0.25, 0.3) is 11.2 Å². The van der Waals surface area contributed by atoms with E-state index in [1.165, 1.54) is 19.2 Å². The zero-order chi connectivity index (χ0) is 19.4. The minimum atomic E-state index is -0.296. The summed E-state index contributed by atoms with van der Waals surface area (Å²) in [7, 11) is -0.296. The molecule has 5 rings (SSSR count). The first-order valence-corrected chi connectivity index (χ1v) is 10.2. The van der Waals surface area contributed by atoms with Gasteiger partial charge in [0.15, 0.2) is 5.65 Å². The molecule has 0 amide bonds. The van der Waals surface area contributed by atoms with Crippen molar-refractivity contribution in [3.8, 4) is 0 Å².